The van der Waals surface area contributed by atoms with Crippen LogP contribution in [-0.4, -0.2) is 41.2 Å². The molecule has 0 aliphatic rings. The predicted molar refractivity (Wildman–Crippen MR) is 67.7 cm³/mol. The second kappa shape index (κ2) is 6.49. The van der Waals surface area contributed by atoms with Gasteiger partial charge < -0.3 is 15.2 Å². The van der Waals surface area contributed by atoms with Crippen molar-refractivity contribution in [3.05, 3.63) is 30.1 Å². The summed E-state index contributed by atoms with van der Waals surface area (Å²) in [5, 5.41) is 8.48. The number of methoxy groups -OCH3 is 1. The Morgan fingerprint density at radius 1 is 1.32 bits per heavy atom. The maximum atomic E-state index is 13.3. The molecule has 0 radical (unpaired) electrons. The topological polar surface area (TPSA) is 75.6 Å². The van der Waals surface area contributed by atoms with Crippen LogP contribution >= 0.6 is 11.6 Å². The fraction of sp³-hybridized carbons (Fsp3) is 0.333. The number of aliphatic hydroxyl groups is 1. The third kappa shape index (κ3) is 3.30. The summed E-state index contributed by atoms with van der Waals surface area (Å²) in [7, 11) is 0.581. The van der Waals surface area contributed by atoms with E-state index in [-0.39, 0.29) is 0 Å². The zero-order valence-corrected chi connectivity index (χ0v) is 11.7. The van der Waals surface area contributed by atoms with E-state index in [1.165, 1.54) is 12.1 Å². The third-order valence-corrected chi connectivity index (χ3v) is 3.17. The maximum absolute atomic E-state index is 13.3. The van der Waals surface area contributed by atoms with Crippen LogP contribution in [0.3, 0.4) is 0 Å². The molecule has 0 aliphatic carbocycles. The van der Waals surface area contributed by atoms with Gasteiger partial charge in [0.1, 0.15) is 5.82 Å². The molecule has 1 aromatic rings. The average molecular weight is 344 g/mol. The van der Waals surface area contributed by atoms with Crippen LogP contribution in [0, 0.1) is 5.82 Å². The van der Waals surface area contributed by atoms with Crippen molar-refractivity contribution in [3.8, 4) is 0 Å². The predicted octanol–water partition coefficient (Wildman–Crippen LogP) is 1.84. The van der Waals surface area contributed by atoms with Crippen LogP contribution in [0.1, 0.15) is 0 Å². The number of benzene rings is 1. The Balaban J connectivity index is 3.10. The molecule has 0 fully saturated rings. The Morgan fingerprint density at radius 3 is 2.32 bits per heavy atom. The Bertz CT molecular complexity index is 580. The average Bonchev–Trinajstić information content (AvgIpc) is 2.45. The number of hydrogen-bond donors (Lipinski definition) is 2. The number of anilines is 1. The molecule has 1 aromatic carbocycles. The molecule has 10 heteroatoms. The second-order valence-electron chi connectivity index (χ2n) is 4.09. The molecule has 0 aliphatic heterocycles. The monoisotopic (exact) mass is 343 g/mol. The summed E-state index contributed by atoms with van der Waals surface area (Å²) in [5.41, 5.74) is -4.74. The molecule has 0 saturated carbocycles. The van der Waals surface area contributed by atoms with Crippen molar-refractivity contribution in [1.29, 1.82) is 0 Å². The van der Waals surface area contributed by atoms with Gasteiger partial charge in [0.25, 0.3) is 5.60 Å². The first kappa shape index (κ1) is 18.2. The number of para-hydroxylation sites is 1. The van der Waals surface area contributed by atoms with Crippen molar-refractivity contribution in [1.82, 2.24) is 0 Å². The van der Waals surface area contributed by atoms with E-state index in [2.05, 4.69) is 4.74 Å². The lowest BCUT2D eigenvalue weighted by molar-refractivity contribution is -0.260. The van der Waals surface area contributed by atoms with Crippen molar-refractivity contribution in [2.45, 2.75) is 17.2 Å². The third-order valence-electron chi connectivity index (χ3n) is 2.66. The summed E-state index contributed by atoms with van der Waals surface area (Å²) in [5.74, 6) is -4.73. The molecule has 2 atom stereocenters. The fourth-order valence-electron chi connectivity index (χ4n) is 1.47. The Hall–Kier alpha value is -1.87. The minimum atomic E-state index is -5.58. The van der Waals surface area contributed by atoms with Crippen LogP contribution in [0.4, 0.5) is 23.2 Å². The first-order valence-electron chi connectivity index (χ1n) is 5.62. The molecule has 0 bridgehead atoms. The van der Waals surface area contributed by atoms with E-state index in [9.17, 15) is 32.3 Å². The lowest BCUT2D eigenvalue weighted by Gasteiger charge is -2.30. The van der Waals surface area contributed by atoms with E-state index in [1.54, 1.807) is 5.32 Å². The lowest BCUT2D eigenvalue weighted by Crippen LogP contribution is -2.62. The summed E-state index contributed by atoms with van der Waals surface area (Å²) in [6, 6.07) is 4.58. The van der Waals surface area contributed by atoms with Gasteiger partial charge in [0.05, 0.1) is 12.8 Å². The zero-order valence-electron chi connectivity index (χ0n) is 10.9. The number of carbonyl (C=O) groups is 2. The normalized spacial score (nSPS) is 15.6. The molecule has 5 nitrogen and oxygen atoms in total. The van der Waals surface area contributed by atoms with Crippen LogP contribution < -0.4 is 5.32 Å². The molecular formula is C12H10ClF4NO4. The number of ether oxygens (including phenoxy) is 1. The summed E-state index contributed by atoms with van der Waals surface area (Å²) < 4.78 is 55.8. The van der Waals surface area contributed by atoms with Gasteiger partial charge in [0.15, 0.2) is 5.38 Å². The highest BCUT2D eigenvalue weighted by Gasteiger charge is 2.67. The van der Waals surface area contributed by atoms with E-state index < -0.39 is 40.5 Å². The Kier molecular flexibility index (Phi) is 5.36. The van der Waals surface area contributed by atoms with E-state index in [0.29, 0.717) is 7.11 Å². The number of carbonyl (C=O) groups excluding carboxylic acids is 2. The quantitative estimate of drug-likeness (QED) is 0.497. The van der Waals surface area contributed by atoms with Gasteiger partial charge in [0.2, 0.25) is 5.91 Å². The first-order valence-corrected chi connectivity index (χ1v) is 6.06. The summed E-state index contributed by atoms with van der Waals surface area (Å²) in [6.45, 7) is 0. The highest BCUT2D eigenvalue weighted by molar-refractivity contribution is 6.35. The minimum absolute atomic E-state index is 0.465. The van der Waals surface area contributed by atoms with Gasteiger partial charge in [-0.25, -0.2) is 9.18 Å². The van der Waals surface area contributed by atoms with Gasteiger partial charge >= 0.3 is 12.1 Å². The van der Waals surface area contributed by atoms with Crippen molar-refractivity contribution in [2.75, 3.05) is 12.4 Å². The SMILES string of the molecule is COC(=O)C(O)(C(Cl)C(=O)Nc1ccccc1F)C(F)(F)F. The lowest BCUT2D eigenvalue weighted by atomic mass is 9.98. The number of alkyl halides is 4. The minimum Gasteiger partial charge on any atom is -0.467 e. The maximum Gasteiger partial charge on any atom is 0.430 e. The first-order chi connectivity index (χ1) is 10.1. The fourth-order valence-corrected chi connectivity index (χ4v) is 1.73. The number of amides is 1. The highest BCUT2D eigenvalue weighted by Crippen LogP contribution is 2.37. The zero-order chi connectivity index (χ0) is 17.1. The van der Waals surface area contributed by atoms with Crippen LogP contribution in [0.15, 0.2) is 24.3 Å². The molecule has 0 heterocycles. The van der Waals surface area contributed by atoms with Gasteiger partial charge in [-0.1, -0.05) is 12.1 Å². The highest BCUT2D eigenvalue weighted by atomic mass is 35.5. The van der Waals surface area contributed by atoms with Crippen LogP contribution in [0.2, 0.25) is 0 Å². The van der Waals surface area contributed by atoms with E-state index in [0.717, 1.165) is 12.1 Å². The van der Waals surface area contributed by atoms with Crippen LogP contribution in [0.25, 0.3) is 0 Å². The molecule has 2 N–H and O–H groups in total. The summed E-state index contributed by atoms with van der Waals surface area (Å²) in [6.07, 6.45) is -5.58. The second-order valence-corrected chi connectivity index (χ2v) is 4.52. The van der Waals surface area contributed by atoms with Crippen molar-refractivity contribution in [3.63, 3.8) is 0 Å². The molecule has 0 aromatic heterocycles. The molecular weight excluding hydrogens is 334 g/mol. The Morgan fingerprint density at radius 2 is 1.86 bits per heavy atom. The molecule has 122 valence electrons. The smallest absolute Gasteiger partial charge is 0.430 e. The van der Waals surface area contributed by atoms with Crippen molar-refractivity contribution >= 4 is 29.2 Å². The van der Waals surface area contributed by atoms with Gasteiger partial charge in [-0.05, 0) is 12.1 Å². The van der Waals surface area contributed by atoms with Crippen LogP contribution in [-0.2, 0) is 14.3 Å². The van der Waals surface area contributed by atoms with Gasteiger partial charge in [-0.3, -0.25) is 4.79 Å². The molecule has 1 rings (SSSR count). The van der Waals surface area contributed by atoms with Gasteiger partial charge in [-0.2, -0.15) is 13.2 Å². The van der Waals surface area contributed by atoms with Crippen molar-refractivity contribution in [2.24, 2.45) is 0 Å². The number of rotatable bonds is 4. The van der Waals surface area contributed by atoms with Crippen LogP contribution in [0.5, 0.6) is 0 Å². The number of hydrogen-bond acceptors (Lipinski definition) is 4. The van der Waals surface area contributed by atoms with Gasteiger partial charge in [-0.15, -0.1) is 11.6 Å². The van der Waals surface area contributed by atoms with Gasteiger partial charge in [0, 0.05) is 0 Å². The number of nitrogens with one attached hydrogen (secondary N) is 1. The molecule has 22 heavy (non-hydrogen) atoms. The molecule has 2 unspecified atom stereocenters. The molecule has 1 amide bonds. The molecule has 0 spiro atoms. The largest absolute Gasteiger partial charge is 0.467 e. The summed E-state index contributed by atoms with van der Waals surface area (Å²) >= 11 is 5.29. The number of esters is 1. The standard InChI is InChI=1S/C12H10ClF4NO4/c1-22-10(20)11(21,12(15,16)17)8(13)9(19)18-7-5-3-2-4-6(7)14/h2-5,8,21H,1H3,(H,18,19). The van der Waals surface area contributed by atoms with E-state index in [4.69, 9.17) is 11.6 Å². The Labute approximate surface area is 126 Å². The van der Waals surface area contributed by atoms with E-state index >= 15 is 0 Å². The van der Waals surface area contributed by atoms with E-state index in [1.807, 2.05) is 0 Å². The van der Waals surface area contributed by atoms with Crippen molar-refractivity contribution < 1.29 is 37.0 Å². The molecule has 0 saturated heterocycles. The summed E-state index contributed by atoms with van der Waals surface area (Å²) in [4.78, 5) is 22.9. The number of halogens is 5.